The molecule has 0 heterocycles. The third kappa shape index (κ3) is 8.57. The Morgan fingerprint density at radius 3 is 2.32 bits per heavy atom. The number of rotatable bonds is 9. The first kappa shape index (κ1) is 17.9. The van der Waals surface area contributed by atoms with Crippen molar-refractivity contribution in [1.29, 1.82) is 0 Å². The van der Waals surface area contributed by atoms with Crippen molar-refractivity contribution in [2.75, 3.05) is 39.8 Å². The second-order valence-corrected chi connectivity index (χ2v) is 4.50. The predicted octanol–water partition coefficient (Wildman–Crippen LogP) is -0.413. The number of ether oxygens (including phenoxy) is 3. The van der Waals surface area contributed by atoms with Gasteiger partial charge >= 0.3 is 5.97 Å². The first-order chi connectivity index (χ1) is 9.04. The van der Waals surface area contributed by atoms with Gasteiger partial charge in [-0.1, -0.05) is 11.8 Å². The summed E-state index contributed by atoms with van der Waals surface area (Å²) in [6.45, 7) is 1.65. The zero-order valence-corrected chi connectivity index (χ0v) is 12.1. The molecule has 0 bridgehead atoms. The van der Waals surface area contributed by atoms with Gasteiger partial charge in [-0.3, -0.25) is 9.59 Å². The van der Waals surface area contributed by atoms with Crippen LogP contribution in [0.1, 0.15) is 6.92 Å². The standard InChI is InChI=1S/C11H19NO6S/c1-4-18-11(15)8(12-9(13)5-16-2)7-19-10(14)6-17-3/h8H,4-7H2,1-3H3,(H,12,13)/t8-/m0/s1. The van der Waals surface area contributed by atoms with E-state index in [1.807, 2.05) is 0 Å². The van der Waals surface area contributed by atoms with E-state index in [4.69, 9.17) is 4.74 Å². The van der Waals surface area contributed by atoms with E-state index in [1.165, 1.54) is 14.2 Å². The van der Waals surface area contributed by atoms with Crippen molar-refractivity contribution >= 4 is 28.8 Å². The fraction of sp³-hybridized carbons (Fsp3) is 0.727. The van der Waals surface area contributed by atoms with Crippen LogP contribution in [0.2, 0.25) is 0 Å². The number of carbonyl (C=O) groups excluding carboxylic acids is 3. The lowest BCUT2D eigenvalue weighted by atomic mass is 10.3. The average molecular weight is 293 g/mol. The van der Waals surface area contributed by atoms with E-state index in [0.717, 1.165) is 11.8 Å². The van der Waals surface area contributed by atoms with Crippen LogP contribution in [-0.4, -0.2) is 62.8 Å². The molecule has 1 atom stereocenters. The number of methoxy groups -OCH3 is 2. The molecule has 0 fully saturated rings. The summed E-state index contributed by atoms with van der Waals surface area (Å²) in [5, 5.41) is 2.22. The molecular weight excluding hydrogens is 274 g/mol. The molecule has 8 heteroatoms. The van der Waals surface area contributed by atoms with E-state index in [2.05, 4.69) is 14.8 Å². The number of carbonyl (C=O) groups is 3. The third-order valence-electron chi connectivity index (χ3n) is 1.85. The molecule has 0 aromatic heterocycles. The largest absolute Gasteiger partial charge is 0.464 e. The summed E-state index contributed by atoms with van der Waals surface area (Å²) in [6, 6.07) is -0.881. The molecular formula is C11H19NO6S. The molecule has 1 amide bonds. The maximum absolute atomic E-state index is 11.6. The number of nitrogens with one attached hydrogen (secondary N) is 1. The third-order valence-corrected chi connectivity index (χ3v) is 2.79. The van der Waals surface area contributed by atoms with E-state index >= 15 is 0 Å². The summed E-state index contributed by atoms with van der Waals surface area (Å²) in [5.41, 5.74) is 0. The topological polar surface area (TPSA) is 90.9 Å². The molecule has 0 saturated carbocycles. The molecule has 0 aliphatic carbocycles. The summed E-state index contributed by atoms with van der Waals surface area (Å²) >= 11 is 0.903. The molecule has 0 aliphatic heterocycles. The lowest BCUT2D eigenvalue weighted by Crippen LogP contribution is -2.45. The zero-order valence-electron chi connectivity index (χ0n) is 11.3. The molecule has 0 aliphatic rings. The first-order valence-corrected chi connectivity index (χ1v) is 6.63. The van der Waals surface area contributed by atoms with Crippen molar-refractivity contribution in [3.8, 4) is 0 Å². The molecule has 0 unspecified atom stereocenters. The smallest absolute Gasteiger partial charge is 0.329 e. The van der Waals surface area contributed by atoms with E-state index in [-0.39, 0.29) is 30.7 Å². The van der Waals surface area contributed by atoms with Gasteiger partial charge in [-0.15, -0.1) is 0 Å². The Balaban J connectivity index is 4.37. The molecule has 7 nitrogen and oxygen atoms in total. The van der Waals surface area contributed by atoms with Crippen LogP contribution < -0.4 is 5.32 Å². The first-order valence-electron chi connectivity index (χ1n) is 5.64. The van der Waals surface area contributed by atoms with Crippen LogP contribution in [0.4, 0.5) is 0 Å². The highest BCUT2D eigenvalue weighted by molar-refractivity contribution is 8.13. The molecule has 19 heavy (non-hydrogen) atoms. The molecule has 110 valence electrons. The van der Waals surface area contributed by atoms with Crippen LogP contribution in [0.5, 0.6) is 0 Å². The fourth-order valence-electron chi connectivity index (χ4n) is 1.11. The number of thioether (sulfide) groups is 1. The predicted molar refractivity (Wildman–Crippen MR) is 69.8 cm³/mol. The van der Waals surface area contributed by atoms with Gasteiger partial charge in [-0.05, 0) is 6.92 Å². The average Bonchev–Trinajstić information content (AvgIpc) is 2.35. The maximum Gasteiger partial charge on any atom is 0.329 e. The lowest BCUT2D eigenvalue weighted by Gasteiger charge is -2.16. The fourth-order valence-corrected chi connectivity index (χ4v) is 1.89. The van der Waals surface area contributed by atoms with Gasteiger partial charge in [-0.25, -0.2) is 4.79 Å². The molecule has 0 saturated heterocycles. The Morgan fingerprint density at radius 1 is 1.16 bits per heavy atom. The number of esters is 1. The van der Waals surface area contributed by atoms with Gasteiger partial charge in [0.05, 0.1) is 6.61 Å². The van der Waals surface area contributed by atoms with E-state index in [1.54, 1.807) is 6.92 Å². The van der Waals surface area contributed by atoms with Crippen LogP contribution in [-0.2, 0) is 28.6 Å². The Labute approximate surface area is 116 Å². The normalized spacial score (nSPS) is 11.7. The van der Waals surface area contributed by atoms with E-state index in [9.17, 15) is 14.4 Å². The van der Waals surface area contributed by atoms with Crippen LogP contribution in [0.3, 0.4) is 0 Å². The van der Waals surface area contributed by atoms with Crippen molar-refractivity contribution < 1.29 is 28.6 Å². The molecule has 1 N–H and O–H groups in total. The van der Waals surface area contributed by atoms with Gasteiger partial charge in [-0.2, -0.15) is 0 Å². The highest BCUT2D eigenvalue weighted by atomic mass is 32.2. The number of amides is 1. The molecule has 0 rings (SSSR count). The molecule has 0 radical (unpaired) electrons. The van der Waals surface area contributed by atoms with Gasteiger partial charge in [0.1, 0.15) is 19.3 Å². The van der Waals surface area contributed by atoms with Gasteiger partial charge in [0.25, 0.3) is 0 Å². The Kier molecular flexibility index (Phi) is 10.1. The second-order valence-electron chi connectivity index (χ2n) is 3.42. The van der Waals surface area contributed by atoms with Gasteiger partial charge in [0.2, 0.25) is 11.0 Å². The summed E-state index contributed by atoms with van der Waals surface area (Å²) in [5.74, 6) is -0.929. The lowest BCUT2D eigenvalue weighted by molar-refractivity contribution is -0.147. The van der Waals surface area contributed by atoms with Crippen molar-refractivity contribution in [3.05, 3.63) is 0 Å². The van der Waals surface area contributed by atoms with Crippen LogP contribution in [0.25, 0.3) is 0 Å². The Morgan fingerprint density at radius 2 is 1.79 bits per heavy atom. The highest BCUT2D eigenvalue weighted by Gasteiger charge is 2.23. The minimum atomic E-state index is -0.881. The quantitative estimate of drug-likeness (QED) is 0.578. The van der Waals surface area contributed by atoms with Crippen molar-refractivity contribution in [2.24, 2.45) is 0 Å². The number of hydrogen-bond donors (Lipinski definition) is 1. The molecule has 0 spiro atoms. The summed E-state index contributed by atoms with van der Waals surface area (Å²) < 4.78 is 14.1. The van der Waals surface area contributed by atoms with Crippen molar-refractivity contribution in [2.45, 2.75) is 13.0 Å². The Bertz CT molecular complexity index is 310. The minimum absolute atomic E-state index is 0.0494. The zero-order chi connectivity index (χ0) is 14.7. The summed E-state index contributed by atoms with van der Waals surface area (Å²) in [4.78, 5) is 34.3. The molecule has 0 aromatic rings. The van der Waals surface area contributed by atoms with E-state index in [0.29, 0.717) is 0 Å². The minimum Gasteiger partial charge on any atom is -0.464 e. The van der Waals surface area contributed by atoms with Gasteiger partial charge in [0.15, 0.2) is 0 Å². The van der Waals surface area contributed by atoms with Gasteiger partial charge < -0.3 is 19.5 Å². The summed E-state index contributed by atoms with van der Waals surface area (Å²) in [7, 11) is 2.78. The maximum atomic E-state index is 11.6. The SMILES string of the molecule is CCOC(=O)[C@H](CSC(=O)COC)NC(=O)COC. The van der Waals surface area contributed by atoms with Crippen LogP contribution >= 0.6 is 11.8 Å². The molecule has 0 aromatic carbocycles. The van der Waals surface area contributed by atoms with E-state index < -0.39 is 17.9 Å². The van der Waals surface area contributed by atoms with Crippen molar-refractivity contribution in [1.82, 2.24) is 5.32 Å². The number of hydrogen-bond acceptors (Lipinski definition) is 7. The Hall–Kier alpha value is -1.12. The van der Waals surface area contributed by atoms with Crippen LogP contribution in [0.15, 0.2) is 0 Å². The van der Waals surface area contributed by atoms with Gasteiger partial charge in [0, 0.05) is 20.0 Å². The van der Waals surface area contributed by atoms with Crippen molar-refractivity contribution in [3.63, 3.8) is 0 Å². The van der Waals surface area contributed by atoms with Crippen LogP contribution in [0, 0.1) is 0 Å². The second kappa shape index (κ2) is 10.8. The monoisotopic (exact) mass is 293 g/mol. The summed E-state index contributed by atoms with van der Waals surface area (Å²) in [6.07, 6.45) is 0. The highest BCUT2D eigenvalue weighted by Crippen LogP contribution is 2.06.